The van der Waals surface area contributed by atoms with Crippen molar-refractivity contribution in [2.24, 2.45) is 0 Å². The lowest BCUT2D eigenvalue weighted by atomic mass is 10.1. The minimum Gasteiger partial charge on any atom is -0.508 e. The van der Waals surface area contributed by atoms with Gasteiger partial charge in [-0.1, -0.05) is 0 Å². The van der Waals surface area contributed by atoms with Crippen LogP contribution in [0.15, 0.2) is 33.5 Å². The maximum atomic E-state index is 12.3. The molecule has 0 saturated carbocycles. The van der Waals surface area contributed by atoms with E-state index >= 15 is 0 Å². The Morgan fingerprint density at radius 1 is 1.00 bits per heavy atom. The number of hydrogen-bond donors (Lipinski definition) is 3. The van der Waals surface area contributed by atoms with Gasteiger partial charge in [-0.2, -0.15) is 0 Å². The highest BCUT2D eigenvalue weighted by molar-refractivity contribution is 5.96. The highest BCUT2D eigenvalue weighted by Crippen LogP contribution is 2.33. The molecule has 5 nitrogen and oxygen atoms in total. The van der Waals surface area contributed by atoms with E-state index in [2.05, 4.69) is 0 Å². The minimum atomic E-state index is -0.451. The summed E-state index contributed by atoms with van der Waals surface area (Å²) in [6.45, 7) is 1.65. The number of phenols is 3. The Bertz CT molecular complexity index is 877. The number of aryl methyl sites for hydroxylation is 1. The van der Waals surface area contributed by atoms with Gasteiger partial charge in [0.05, 0.1) is 5.39 Å². The monoisotopic (exact) mass is 258 g/mol. The van der Waals surface area contributed by atoms with E-state index in [0.717, 1.165) is 0 Å². The normalized spacial score (nSPS) is 11.2. The summed E-state index contributed by atoms with van der Waals surface area (Å²) in [5, 5.41) is 29.2. The Labute approximate surface area is 107 Å². The molecular formula is C14H10O5. The van der Waals surface area contributed by atoms with Crippen molar-refractivity contribution in [1.29, 1.82) is 0 Å². The van der Waals surface area contributed by atoms with Crippen LogP contribution < -0.4 is 5.43 Å². The lowest BCUT2D eigenvalue weighted by molar-refractivity contribution is 0.456. The third kappa shape index (κ3) is 1.52. The van der Waals surface area contributed by atoms with Crippen LogP contribution in [0.25, 0.3) is 21.9 Å². The summed E-state index contributed by atoms with van der Waals surface area (Å²) in [4.78, 5) is 12.3. The first-order valence-corrected chi connectivity index (χ1v) is 5.60. The van der Waals surface area contributed by atoms with Gasteiger partial charge in [-0.25, -0.2) is 0 Å². The van der Waals surface area contributed by atoms with Gasteiger partial charge in [-0.15, -0.1) is 0 Å². The Balaban J connectivity index is 2.64. The number of hydrogen-bond acceptors (Lipinski definition) is 5. The van der Waals surface area contributed by atoms with Crippen LogP contribution in [0.1, 0.15) is 5.56 Å². The second kappa shape index (κ2) is 3.65. The van der Waals surface area contributed by atoms with E-state index in [1.807, 2.05) is 0 Å². The molecule has 5 heteroatoms. The van der Waals surface area contributed by atoms with Gasteiger partial charge in [0.15, 0.2) is 11.3 Å². The number of fused-ring (bicyclic) bond motifs is 2. The zero-order valence-corrected chi connectivity index (χ0v) is 9.97. The molecule has 0 bridgehead atoms. The largest absolute Gasteiger partial charge is 0.508 e. The molecule has 0 aliphatic rings. The number of aromatic hydroxyl groups is 3. The van der Waals surface area contributed by atoms with Gasteiger partial charge >= 0.3 is 0 Å². The van der Waals surface area contributed by atoms with Crippen LogP contribution >= 0.6 is 0 Å². The number of benzene rings is 2. The first kappa shape index (κ1) is 11.4. The molecule has 0 spiro atoms. The Kier molecular flexibility index (Phi) is 2.19. The van der Waals surface area contributed by atoms with E-state index in [0.29, 0.717) is 5.56 Å². The van der Waals surface area contributed by atoms with Gasteiger partial charge in [0.1, 0.15) is 22.5 Å². The van der Waals surface area contributed by atoms with Gasteiger partial charge in [0.25, 0.3) is 0 Å². The van der Waals surface area contributed by atoms with Crippen molar-refractivity contribution in [2.45, 2.75) is 6.92 Å². The van der Waals surface area contributed by atoms with Gasteiger partial charge in [0, 0.05) is 6.07 Å². The molecule has 0 unspecified atom stereocenters. The van der Waals surface area contributed by atoms with Crippen molar-refractivity contribution in [3.05, 3.63) is 40.1 Å². The summed E-state index contributed by atoms with van der Waals surface area (Å²) in [6.07, 6.45) is 0. The molecule has 3 rings (SSSR count). The van der Waals surface area contributed by atoms with Gasteiger partial charge < -0.3 is 19.7 Å². The standard InChI is InChI=1S/C14H10O5/c1-6-4-7-11(5-10(6)17)19-14-9(16)3-2-8(15)12(14)13(7)18/h2-5,15-17H,1H3. The SMILES string of the molecule is Cc1cc2c(=O)c3c(O)ccc(O)c3oc2cc1O. The Morgan fingerprint density at radius 3 is 2.42 bits per heavy atom. The second-order valence-electron chi connectivity index (χ2n) is 4.37. The number of rotatable bonds is 0. The van der Waals surface area contributed by atoms with Crippen LogP contribution in [-0.2, 0) is 0 Å². The average Bonchev–Trinajstić information content (AvgIpc) is 2.36. The molecule has 96 valence electrons. The molecule has 19 heavy (non-hydrogen) atoms. The fourth-order valence-electron chi connectivity index (χ4n) is 2.07. The molecule has 0 saturated heterocycles. The third-order valence-electron chi connectivity index (χ3n) is 3.10. The fourth-order valence-corrected chi connectivity index (χ4v) is 2.07. The summed E-state index contributed by atoms with van der Waals surface area (Å²) >= 11 is 0. The smallest absolute Gasteiger partial charge is 0.204 e. The molecule has 0 aliphatic heterocycles. The van der Waals surface area contributed by atoms with Crippen LogP contribution in [0.5, 0.6) is 17.2 Å². The molecule has 2 aromatic carbocycles. The molecular weight excluding hydrogens is 248 g/mol. The summed E-state index contributed by atoms with van der Waals surface area (Å²) in [5.74, 6) is -0.504. The highest BCUT2D eigenvalue weighted by Gasteiger charge is 2.15. The van der Waals surface area contributed by atoms with Crippen molar-refractivity contribution in [1.82, 2.24) is 0 Å². The molecule has 0 radical (unpaired) electrons. The quantitative estimate of drug-likeness (QED) is 0.425. The van der Waals surface area contributed by atoms with E-state index < -0.39 is 5.43 Å². The molecule has 3 aromatic rings. The van der Waals surface area contributed by atoms with E-state index in [1.165, 1.54) is 24.3 Å². The van der Waals surface area contributed by atoms with Crippen molar-refractivity contribution < 1.29 is 19.7 Å². The lowest BCUT2D eigenvalue weighted by Crippen LogP contribution is -2.02. The highest BCUT2D eigenvalue weighted by atomic mass is 16.4. The Morgan fingerprint density at radius 2 is 1.68 bits per heavy atom. The van der Waals surface area contributed by atoms with Crippen LogP contribution in [0.4, 0.5) is 0 Å². The molecule has 0 atom stereocenters. The average molecular weight is 258 g/mol. The maximum Gasteiger partial charge on any atom is 0.204 e. The van der Waals surface area contributed by atoms with Crippen LogP contribution in [0, 0.1) is 6.92 Å². The zero-order valence-electron chi connectivity index (χ0n) is 9.97. The predicted octanol–water partition coefficient (Wildman–Crippen LogP) is 2.37. The molecule has 1 aromatic heterocycles. The fraction of sp³-hybridized carbons (Fsp3) is 0.0714. The number of phenolic OH excluding ortho intramolecular Hbond substituents is 3. The van der Waals surface area contributed by atoms with Crippen LogP contribution in [0.3, 0.4) is 0 Å². The minimum absolute atomic E-state index is 0.00496. The van der Waals surface area contributed by atoms with E-state index in [-0.39, 0.29) is 39.2 Å². The zero-order chi connectivity index (χ0) is 13.7. The molecule has 3 N–H and O–H groups in total. The van der Waals surface area contributed by atoms with Crippen molar-refractivity contribution in [3.8, 4) is 17.2 Å². The summed E-state index contributed by atoms with van der Waals surface area (Å²) in [5.41, 5.74) is 0.133. The van der Waals surface area contributed by atoms with E-state index in [4.69, 9.17) is 4.42 Å². The topological polar surface area (TPSA) is 90.9 Å². The first-order chi connectivity index (χ1) is 8.99. The van der Waals surface area contributed by atoms with Gasteiger partial charge in [0.2, 0.25) is 5.43 Å². The molecule has 0 aliphatic carbocycles. The molecule has 1 heterocycles. The first-order valence-electron chi connectivity index (χ1n) is 5.60. The Hall–Kier alpha value is -2.69. The molecule has 0 fully saturated rings. The second-order valence-corrected chi connectivity index (χ2v) is 4.37. The van der Waals surface area contributed by atoms with E-state index in [9.17, 15) is 20.1 Å². The third-order valence-corrected chi connectivity index (χ3v) is 3.10. The summed E-state index contributed by atoms with van der Waals surface area (Å²) < 4.78 is 5.40. The van der Waals surface area contributed by atoms with E-state index in [1.54, 1.807) is 6.92 Å². The summed E-state index contributed by atoms with van der Waals surface area (Å²) in [7, 11) is 0. The van der Waals surface area contributed by atoms with Crippen molar-refractivity contribution in [2.75, 3.05) is 0 Å². The van der Waals surface area contributed by atoms with Gasteiger partial charge in [-0.3, -0.25) is 4.79 Å². The van der Waals surface area contributed by atoms with Crippen LogP contribution in [-0.4, -0.2) is 15.3 Å². The van der Waals surface area contributed by atoms with Crippen molar-refractivity contribution in [3.63, 3.8) is 0 Å². The molecule has 0 amide bonds. The maximum absolute atomic E-state index is 12.3. The summed E-state index contributed by atoms with van der Waals surface area (Å²) in [6, 6.07) is 5.27. The van der Waals surface area contributed by atoms with Gasteiger partial charge in [-0.05, 0) is 30.7 Å². The van der Waals surface area contributed by atoms with Crippen LogP contribution in [0.2, 0.25) is 0 Å². The predicted molar refractivity (Wildman–Crippen MR) is 69.7 cm³/mol. The van der Waals surface area contributed by atoms with Crippen molar-refractivity contribution >= 4 is 21.9 Å². The lowest BCUT2D eigenvalue weighted by Gasteiger charge is -2.06.